The second-order valence-corrected chi connectivity index (χ2v) is 6.95. The van der Waals surface area contributed by atoms with Gasteiger partial charge in [0, 0.05) is 19.1 Å². The van der Waals surface area contributed by atoms with Crippen molar-refractivity contribution in [2.75, 3.05) is 26.2 Å². The molecule has 2 atom stereocenters. The summed E-state index contributed by atoms with van der Waals surface area (Å²) >= 11 is 0. The molecule has 0 radical (unpaired) electrons. The summed E-state index contributed by atoms with van der Waals surface area (Å²) in [5.74, 6) is 0.918. The van der Waals surface area contributed by atoms with Crippen molar-refractivity contribution in [3.63, 3.8) is 0 Å². The van der Waals surface area contributed by atoms with E-state index in [1.807, 2.05) is 0 Å². The van der Waals surface area contributed by atoms with E-state index in [-0.39, 0.29) is 11.4 Å². The summed E-state index contributed by atoms with van der Waals surface area (Å²) in [5, 5.41) is 6.70. The van der Waals surface area contributed by atoms with Gasteiger partial charge in [-0.3, -0.25) is 4.79 Å². The molecule has 2 unspecified atom stereocenters. The Labute approximate surface area is 122 Å². The molecule has 0 bridgehead atoms. The van der Waals surface area contributed by atoms with Crippen molar-refractivity contribution in [3.05, 3.63) is 0 Å². The van der Waals surface area contributed by atoms with Crippen molar-refractivity contribution in [1.82, 2.24) is 15.5 Å². The van der Waals surface area contributed by atoms with Crippen molar-refractivity contribution in [2.45, 2.75) is 63.5 Å². The lowest BCUT2D eigenvalue weighted by Crippen LogP contribution is -2.54. The molecule has 1 aliphatic carbocycles. The molecular formula is C16H29N3O. The van der Waals surface area contributed by atoms with Crippen LogP contribution < -0.4 is 10.6 Å². The Kier molecular flexibility index (Phi) is 4.32. The van der Waals surface area contributed by atoms with Gasteiger partial charge in [0.15, 0.2) is 0 Å². The van der Waals surface area contributed by atoms with Gasteiger partial charge in [-0.15, -0.1) is 0 Å². The van der Waals surface area contributed by atoms with E-state index >= 15 is 0 Å². The molecule has 1 amide bonds. The van der Waals surface area contributed by atoms with Crippen LogP contribution in [-0.2, 0) is 4.79 Å². The van der Waals surface area contributed by atoms with Crippen LogP contribution in [0.15, 0.2) is 0 Å². The molecule has 2 N–H and O–H groups in total. The molecule has 2 aliphatic heterocycles. The number of amides is 1. The van der Waals surface area contributed by atoms with Crippen LogP contribution in [0.2, 0.25) is 0 Å². The number of nitrogens with one attached hydrogen (secondary N) is 2. The van der Waals surface area contributed by atoms with Gasteiger partial charge in [0.2, 0.25) is 5.91 Å². The minimum Gasteiger partial charge on any atom is -0.354 e. The largest absolute Gasteiger partial charge is 0.354 e. The third-order valence-corrected chi connectivity index (χ3v) is 5.29. The zero-order valence-corrected chi connectivity index (χ0v) is 12.8. The fraction of sp³-hybridized carbons (Fsp3) is 0.938. The fourth-order valence-corrected chi connectivity index (χ4v) is 3.96. The van der Waals surface area contributed by atoms with Gasteiger partial charge in [0.1, 0.15) is 0 Å². The van der Waals surface area contributed by atoms with E-state index < -0.39 is 0 Å². The molecule has 4 heteroatoms. The smallest absolute Gasteiger partial charge is 0.240 e. The summed E-state index contributed by atoms with van der Waals surface area (Å²) in [4.78, 5) is 15.2. The molecule has 3 aliphatic rings. The third kappa shape index (κ3) is 3.01. The van der Waals surface area contributed by atoms with E-state index in [0.29, 0.717) is 5.92 Å². The van der Waals surface area contributed by atoms with Crippen molar-refractivity contribution in [1.29, 1.82) is 0 Å². The fourth-order valence-electron chi connectivity index (χ4n) is 3.96. The first-order valence-electron chi connectivity index (χ1n) is 8.51. The van der Waals surface area contributed by atoms with Gasteiger partial charge >= 0.3 is 0 Å². The lowest BCUT2D eigenvalue weighted by Gasteiger charge is -2.28. The van der Waals surface area contributed by atoms with Crippen molar-refractivity contribution in [2.24, 2.45) is 5.92 Å². The first-order chi connectivity index (χ1) is 9.73. The van der Waals surface area contributed by atoms with Gasteiger partial charge in [-0.25, -0.2) is 0 Å². The average molecular weight is 279 g/mol. The maximum atomic E-state index is 12.6. The van der Waals surface area contributed by atoms with Crippen LogP contribution in [0.3, 0.4) is 0 Å². The van der Waals surface area contributed by atoms with Crippen LogP contribution in [0.25, 0.3) is 0 Å². The van der Waals surface area contributed by atoms with Crippen LogP contribution in [0, 0.1) is 5.92 Å². The highest BCUT2D eigenvalue weighted by Gasteiger charge is 2.40. The first kappa shape index (κ1) is 14.3. The van der Waals surface area contributed by atoms with Crippen LogP contribution in [0.4, 0.5) is 0 Å². The van der Waals surface area contributed by atoms with Crippen LogP contribution >= 0.6 is 0 Å². The Bertz CT molecular complexity index is 348. The summed E-state index contributed by atoms with van der Waals surface area (Å²) in [7, 11) is 0. The normalized spacial score (nSPS) is 34.5. The molecule has 0 aromatic carbocycles. The molecule has 3 fully saturated rings. The lowest BCUT2D eigenvalue weighted by molar-refractivity contribution is -0.127. The van der Waals surface area contributed by atoms with E-state index in [1.165, 1.54) is 32.4 Å². The molecule has 1 saturated carbocycles. The summed E-state index contributed by atoms with van der Waals surface area (Å²) in [6, 6.07) is 0.874. The van der Waals surface area contributed by atoms with Crippen molar-refractivity contribution < 1.29 is 4.79 Å². The zero-order chi connectivity index (χ0) is 14.0. The molecule has 4 nitrogen and oxygen atoms in total. The monoisotopic (exact) mass is 279 g/mol. The molecule has 0 spiro atoms. The highest BCUT2D eigenvalue weighted by atomic mass is 16.2. The number of carbonyl (C=O) groups is 1. The van der Waals surface area contributed by atoms with Crippen LogP contribution in [-0.4, -0.2) is 48.6 Å². The summed E-state index contributed by atoms with van der Waals surface area (Å²) in [6.45, 7) is 6.46. The maximum absolute atomic E-state index is 12.6. The predicted octanol–water partition coefficient (Wildman–Crippen LogP) is 1.51. The van der Waals surface area contributed by atoms with Gasteiger partial charge in [-0.1, -0.05) is 13.3 Å². The van der Waals surface area contributed by atoms with Crippen molar-refractivity contribution in [3.8, 4) is 0 Å². The van der Waals surface area contributed by atoms with E-state index in [4.69, 9.17) is 0 Å². The molecule has 114 valence electrons. The minimum absolute atomic E-state index is 0.252. The number of likely N-dealkylation sites (tertiary alicyclic amines) is 1. The highest BCUT2D eigenvalue weighted by molar-refractivity contribution is 5.86. The topological polar surface area (TPSA) is 44.4 Å². The van der Waals surface area contributed by atoms with E-state index in [9.17, 15) is 4.79 Å². The number of hydrogen-bond acceptors (Lipinski definition) is 3. The summed E-state index contributed by atoms with van der Waals surface area (Å²) in [5.41, 5.74) is -0.260. The third-order valence-electron chi connectivity index (χ3n) is 5.29. The quantitative estimate of drug-likeness (QED) is 0.774. The van der Waals surface area contributed by atoms with Crippen LogP contribution in [0.1, 0.15) is 51.9 Å². The van der Waals surface area contributed by atoms with E-state index in [2.05, 4.69) is 22.5 Å². The first-order valence-corrected chi connectivity index (χ1v) is 8.51. The molecule has 0 aromatic rings. The number of carbonyl (C=O) groups excluding carboxylic acids is 1. The van der Waals surface area contributed by atoms with Gasteiger partial charge in [-0.2, -0.15) is 0 Å². The van der Waals surface area contributed by atoms with Gasteiger partial charge < -0.3 is 15.5 Å². The van der Waals surface area contributed by atoms with Gasteiger partial charge in [0.05, 0.1) is 5.54 Å². The zero-order valence-electron chi connectivity index (χ0n) is 12.8. The second-order valence-electron chi connectivity index (χ2n) is 6.95. The Morgan fingerprint density at radius 1 is 1.40 bits per heavy atom. The Balaban J connectivity index is 1.46. The van der Waals surface area contributed by atoms with Crippen molar-refractivity contribution >= 4 is 5.91 Å². The van der Waals surface area contributed by atoms with Crippen LogP contribution in [0.5, 0.6) is 0 Å². The number of hydrogen-bond donors (Lipinski definition) is 2. The molecule has 2 saturated heterocycles. The number of rotatable bonds is 6. The van der Waals surface area contributed by atoms with Gasteiger partial charge in [0.25, 0.3) is 0 Å². The SMILES string of the molecule is CCCC1(C(=O)NCC2CCN(C3CC3)C2)CCCN1. The Morgan fingerprint density at radius 2 is 2.25 bits per heavy atom. The molecule has 0 aromatic heterocycles. The molecular weight excluding hydrogens is 250 g/mol. The summed E-state index contributed by atoms with van der Waals surface area (Å²) < 4.78 is 0. The van der Waals surface area contributed by atoms with E-state index in [1.54, 1.807) is 0 Å². The minimum atomic E-state index is -0.260. The Hall–Kier alpha value is -0.610. The Morgan fingerprint density at radius 3 is 2.90 bits per heavy atom. The standard InChI is InChI=1S/C16H29N3O/c1-2-7-16(8-3-9-18-16)15(20)17-11-13-6-10-19(12-13)14-4-5-14/h13-14,18H,2-12H2,1H3,(H,17,20). The summed E-state index contributed by atoms with van der Waals surface area (Å²) in [6.07, 6.45) is 8.21. The predicted molar refractivity (Wildman–Crippen MR) is 80.6 cm³/mol. The van der Waals surface area contributed by atoms with Gasteiger partial charge in [-0.05, 0) is 57.5 Å². The second kappa shape index (κ2) is 6.02. The van der Waals surface area contributed by atoms with E-state index in [0.717, 1.165) is 44.8 Å². The highest BCUT2D eigenvalue weighted by Crippen LogP contribution is 2.31. The number of nitrogens with zero attached hydrogens (tertiary/aromatic N) is 1. The maximum Gasteiger partial charge on any atom is 0.240 e. The molecule has 3 rings (SSSR count). The average Bonchev–Trinajstić information content (AvgIpc) is 3.01. The molecule has 2 heterocycles. The lowest BCUT2D eigenvalue weighted by atomic mass is 9.90. The molecule has 20 heavy (non-hydrogen) atoms.